The summed E-state index contributed by atoms with van der Waals surface area (Å²) in [4.78, 5) is 11.3. The van der Waals surface area contributed by atoms with Gasteiger partial charge in [0.2, 0.25) is 0 Å². The Labute approximate surface area is 216 Å². The number of hydrogen-bond acceptors (Lipinski definition) is 3. The molecule has 0 amide bonds. The number of hydrogen-bond donors (Lipinski definition) is 0. The van der Waals surface area contributed by atoms with Gasteiger partial charge in [0.1, 0.15) is 0 Å². The molecule has 0 atom stereocenters. The minimum absolute atomic E-state index is 0.263. The van der Waals surface area contributed by atoms with Crippen LogP contribution in [0.4, 0.5) is 0 Å². The molecule has 3 nitrogen and oxygen atoms in total. The first kappa shape index (κ1) is 25.5. The summed E-state index contributed by atoms with van der Waals surface area (Å²) in [6.45, 7) is 0. The van der Waals surface area contributed by atoms with Gasteiger partial charge in [0, 0.05) is 0 Å². The van der Waals surface area contributed by atoms with Gasteiger partial charge in [0.15, 0.2) is 0 Å². The second-order valence-corrected chi connectivity index (χ2v) is 17.8. The van der Waals surface area contributed by atoms with Gasteiger partial charge in [-0.3, -0.25) is 0 Å². The summed E-state index contributed by atoms with van der Waals surface area (Å²) < 4.78 is 14.4. The minimum atomic E-state index is -2.17. The van der Waals surface area contributed by atoms with Crippen molar-refractivity contribution in [2.24, 2.45) is 0 Å². The SMILES string of the molecule is COc1ccc(Cl)c(OC)c1C(=O)[Se].c1cc[c]([Pb]([c]2ccccc2)[c]2ccccc2)cc1. The monoisotopic (exact) mass is 718 g/mol. The van der Waals surface area contributed by atoms with E-state index in [0.717, 1.165) is 0 Å². The van der Waals surface area contributed by atoms with Gasteiger partial charge in [0.25, 0.3) is 0 Å². The molecule has 166 valence electrons. The van der Waals surface area contributed by atoms with Crippen LogP contribution in [0.1, 0.15) is 10.4 Å². The molecule has 0 aliphatic carbocycles. The average Bonchev–Trinajstić information content (AvgIpc) is 2.86. The quantitative estimate of drug-likeness (QED) is 0.285. The van der Waals surface area contributed by atoms with Crippen LogP contribution >= 0.6 is 11.6 Å². The van der Waals surface area contributed by atoms with Gasteiger partial charge in [-0.25, -0.2) is 0 Å². The standard InChI is InChI=1S/C9H8ClO3Se.3C6H5.Pb/c1-12-6-4-3-5(10)8(13-2)7(6)9(11)14;3*1-2-4-6-5-3-1;/h3-4H,1-2H3;3*1-5H;. The normalized spacial score (nSPS) is 10.2. The fraction of sp³-hybridized carbons (Fsp3) is 0.0741. The molecule has 0 fully saturated rings. The summed E-state index contributed by atoms with van der Waals surface area (Å²) in [7, 11) is 2.93. The molecule has 0 unspecified atom stereocenters. The summed E-state index contributed by atoms with van der Waals surface area (Å²) in [6, 6.07) is 36.3. The third kappa shape index (κ3) is 6.70. The van der Waals surface area contributed by atoms with E-state index in [1.54, 1.807) is 21.5 Å². The Morgan fingerprint density at radius 1 is 0.697 bits per heavy atom. The Morgan fingerprint density at radius 3 is 1.45 bits per heavy atom. The third-order valence-electron chi connectivity index (χ3n) is 4.89. The maximum atomic E-state index is 11.3. The Kier molecular flexibility index (Phi) is 10.0. The second kappa shape index (κ2) is 12.9. The number of halogens is 1. The van der Waals surface area contributed by atoms with Gasteiger partial charge < -0.3 is 0 Å². The number of methoxy groups -OCH3 is 2. The molecule has 0 bridgehead atoms. The molecule has 0 saturated heterocycles. The maximum absolute atomic E-state index is 11.3. The fourth-order valence-electron chi connectivity index (χ4n) is 3.42. The predicted octanol–water partition coefficient (Wildman–Crippen LogP) is 3.87. The van der Waals surface area contributed by atoms with Crippen LogP contribution in [-0.2, 0) is 0 Å². The molecule has 0 N–H and O–H groups in total. The molecule has 0 spiro atoms. The molecule has 0 aliphatic rings. The van der Waals surface area contributed by atoms with E-state index in [9.17, 15) is 4.79 Å². The molecule has 6 heteroatoms. The van der Waals surface area contributed by atoms with Crippen molar-refractivity contribution >= 4 is 64.4 Å². The molecule has 4 aromatic rings. The Hall–Kier alpha value is -2.12. The van der Waals surface area contributed by atoms with Gasteiger partial charge in [-0.05, 0) is 0 Å². The van der Waals surface area contributed by atoms with Gasteiger partial charge in [-0.1, -0.05) is 0 Å². The van der Waals surface area contributed by atoms with Crippen molar-refractivity contribution in [3.05, 3.63) is 114 Å². The molecule has 0 aromatic heterocycles. The molecular weight excluding hydrogens is 694 g/mol. The summed E-state index contributed by atoms with van der Waals surface area (Å²) in [5.41, 5.74) is 0.322. The van der Waals surface area contributed by atoms with Crippen molar-refractivity contribution in [3.8, 4) is 11.5 Å². The fourth-order valence-corrected chi connectivity index (χ4v) is 14.1. The zero-order chi connectivity index (χ0) is 23.6. The van der Waals surface area contributed by atoms with Crippen LogP contribution in [0.25, 0.3) is 0 Å². The van der Waals surface area contributed by atoms with Crippen LogP contribution in [0.3, 0.4) is 0 Å². The molecule has 0 aliphatic heterocycles. The zero-order valence-corrected chi connectivity index (χ0v) is 24.7. The van der Waals surface area contributed by atoms with E-state index in [2.05, 4.69) is 107 Å². The summed E-state index contributed by atoms with van der Waals surface area (Å²) >= 11 is 6.06. The molecule has 0 saturated carbocycles. The average molecular weight is 717 g/mol. The van der Waals surface area contributed by atoms with E-state index in [0.29, 0.717) is 22.1 Å². The molecule has 4 rings (SSSR count). The van der Waals surface area contributed by atoms with Crippen LogP contribution in [0.15, 0.2) is 103 Å². The van der Waals surface area contributed by atoms with Crippen molar-refractivity contribution in [2.75, 3.05) is 14.2 Å². The third-order valence-corrected chi connectivity index (χ3v) is 16.2. The topological polar surface area (TPSA) is 35.5 Å². The molecule has 2 radical (unpaired) electrons. The van der Waals surface area contributed by atoms with Gasteiger partial charge >= 0.3 is 218 Å². The zero-order valence-electron chi connectivity index (χ0n) is 18.3. The molecule has 4 aromatic carbocycles. The molecular formula is C27H23ClO3PbSe. The van der Waals surface area contributed by atoms with Gasteiger partial charge in [0.05, 0.1) is 0 Å². The van der Waals surface area contributed by atoms with E-state index in [4.69, 9.17) is 21.1 Å². The number of carbonyl (C=O) groups is 1. The van der Waals surface area contributed by atoms with Crippen LogP contribution in [0.5, 0.6) is 11.5 Å². The van der Waals surface area contributed by atoms with Crippen molar-refractivity contribution in [1.82, 2.24) is 0 Å². The van der Waals surface area contributed by atoms with Crippen molar-refractivity contribution < 1.29 is 14.3 Å². The van der Waals surface area contributed by atoms with Gasteiger partial charge in [-0.2, -0.15) is 0 Å². The van der Waals surface area contributed by atoms with Crippen molar-refractivity contribution in [2.45, 2.75) is 0 Å². The number of rotatable bonds is 6. The summed E-state index contributed by atoms with van der Waals surface area (Å²) in [6.07, 6.45) is 0. The predicted molar refractivity (Wildman–Crippen MR) is 139 cm³/mol. The summed E-state index contributed by atoms with van der Waals surface area (Å²) in [5.74, 6) is 0.768. The first-order chi connectivity index (χ1) is 16.1. The first-order valence-corrected chi connectivity index (χ1v) is 17.3. The Bertz CT molecular complexity index is 1080. The van der Waals surface area contributed by atoms with Crippen LogP contribution in [0.2, 0.25) is 5.02 Å². The Morgan fingerprint density at radius 2 is 1.12 bits per heavy atom. The van der Waals surface area contributed by atoms with E-state index < -0.39 is 22.7 Å². The number of ether oxygens (including phenoxy) is 2. The molecule has 0 heterocycles. The van der Waals surface area contributed by atoms with Gasteiger partial charge in [-0.15, -0.1) is 0 Å². The van der Waals surface area contributed by atoms with Crippen molar-refractivity contribution in [3.63, 3.8) is 0 Å². The number of benzene rings is 4. The first-order valence-electron chi connectivity index (χ1n) is 10.2. The summed E-state index contributed by atoms with van der Waals surface area (Å²) in [5, 5.41) is 0.381. The van der Waals surface area contributed by atoms with Crippen LogP contribution < -0.4 is 18.8 Å². The second-order valence-electron chi connectivity index (χ2n) is 6.92. The van der Waals surface area contributed by atoms with E-state index in [1.165, 1.54) is 14.2 Å². The van der Waals surface area contributed by atoms with E-state index in [-0.39, 0.29) is 4.68 Å². The Balaban J connectivity index is 0.000000196. The van der Waals surface area contributed by atoms with E-state index in [1.807, 2.05) is 0 Å². The number of carbonyl (C=O) groups excluding carboxylic acids is 1. The van der Waals surface area contributed by atoms with E-state index >= 15 is 0 Å². The molecule has 33 heavy (non-hydrogen) atoms. The van der Waals surface area contributed by atoms with Crippen molar-refractivity contribution in [1.29, 1.82) is 0 Å². The van der Waals surface area contributed by atoms with Crippen LogP contribution in [0, 0.1) is 0 Å². The van der Waals surface area contributed by atoms with Crippen LogP contribution in [-0.4, -0.2) is 57.6 Å².